The molecule has 2 nitrogen and oxygen atoms in total. The fourth-order valence-electron chi connectivity index (χ4n) is 3.52. The maximum Gasteiger partial charge on any atom is 0.146 e. The van der Waals surface area contributed by atoms with Crippen molar-refractivity contribution in [2.24, 2.45) is 0 Å². The van der Waals surface area contributed by atoms with E-state index in [4.69, 9.17) is 16.3 Å². The van der Waals surface area contributed by atoms with Crippen LogP contribution in [0.4, 0.5) is 10.1 Å². The molecule has 1 heterocycles. The highest BCUT2D eigenvalue weighted by atomic mass is 35.5. The molecule has 1 aliphatic carbocycles. The van der Waals surface area contributed by atoms with Crippen molar-refractivity contribution in [1.29, 1.82) is 0 Å². The molecule has 1 unspecified atom stereocenters. The fourth-order valence-corrected chi connectivity index (χ4v) is 3.70. The molecule has 0 radical (unpaired) electrons. The van der Waals surface area contributed by atoms with Crippen molar-refractivity contribution < 1.29 is 9.13 Å². The molecule has 0 aromatic heterocycles. The molecule has 1 aromatic rings. The molecular formula is C16H21ClFNO. The van der Waals surface area contributed by atoms with Crippen molar-refractivity contribution >= 4 is 17.3 Å². The summed E-state index contributed by atoms with van der Waals surface area (Å²) >= 11 is 5.95. The lowest BCUT2D eigenvalue weighted by atomic mass is 9.78. The van der Waals surface area contributed by atoms with Gasteiger partial charge in [-0.2, -0.15) is 0 Å². The Morgan fingerprint density at radius 3 is 2.85 bits per heavy atom. The van der Waals surface area contributed by atoms with Gasteiger partial charge >= 0.3 is 0 Å². The number of halogens is 2. The van der Waals surface area contributed by atoms with Gasteiger partial charge < -0.3 is 10.1 Å². The Balaban J connectivity index is 1.69. The van der Waals surface area contributed by atoms with E-state index in [1.165, 1.54) is 25.3 Å². The monoisotopic (exact) mass is 297 g/mol. The Hall–Kier alpha value is -0.800. The molecule has 1 saturated heterocycles. The zero-order valence-electron chi connectivity index (χ0n) is 11.6. The molecule has 1 aliphatic heterocycles. The lowest BCUT2D eigenvalue weighted by Crippen LogP contribution is -2.45. The van der Waals surface area contributed by atoms with Crippen molar-refractivity contribution in [3.05, 3.63) is 29.0 Å². The first kappa shape index (κ1) is 14.2. The summed E-state index contributed by atoms with van der Waals surface area (Å²) in [5.41, 5.74) is 0.541. The normalized spacial score (nSPS) is 25.6. The van der Waals surface area contributed by atoms with E-state index in [1.807, 2.05) is 0 Å². The first-order valence-electron chi connectivity index (χ1n) is 7.52. The van der Waals surface area contributed by atoms with E-state index in [9.17, 15) is 4.39 Å². The zero-order chi connectivity index (χ0) is 14.0. The van der Waals surface area contributed by atoms with E-state index >= 15 is 0 Å². The number of hydrogen-bond acceptors (Lipinski definition) is 2. The topological polar surface area (TPSA) is 21.3 Å². The molecule has 4 heteroatoms. The second kappa shape index (κ2) is 5.90. The highest BCUT2D eigenvalue weighted by molar-refractivity contribution is 6.30. The first-order chi connectivity index (χ1) is 9.67. The number of rotatable bonds is 2. The van der Waals surface area contributed by atoms with Crippen LogP contribution in [-0.4, -0.2) is 18.2 Å². The predicted octanol–water partition coefficient (Wildman–Crippen LogP) is 4.77. The van der Waals surface area contributed by atoms with Crippen LogP contribution in [0.15, 0.2) is 18.2 Å². The minimum Gasteiger partial charge on any atom is -0.380 e. The molecule has 3 rings (SSSR count). The number of nitrogens with one attached hydrogen (secondary N) is 1. The average molecular weight is 298 g/mol. The number of ether oxygens (including phenoxy) is 1. The summed E-state index contributed by atoms with van der Waals surface area (Å²) in [6, 6.07) is 4.93. The lowest BCUT2D eigenvalue weighted by Gasteiger charge is -2.44. The van der Waals surface area contributed by atoms with E-state index in [-0.39, 0.29) is 17.5 Å². The van der Waals surface area contributed by atoms with Crippen LogP contribution in [0.25, 0.3) is 0 Å². The van der Waals surface area contributed by atoms with Crippen LogP contribution >= 0.6 is 11.6 Å². The second-order valence-electron chi connectivity index (χ2n) is 6.05. The SMILES string of the molecule is Fc1ccc(Cl)cc1NC1CCOC2(CCCCC2)C1. The first-order valence-corrected chi connectivity index (χ1v) is 7.90. The van der Waals surface area contributed by atoms with Gasteiger partial charge in [-0.05, 0) is 43.9 Å². The molecule has 1 saturated carbocycles. The minimum atomic E-state index is -0.237. The molecule has 0 bridgehead atoms. The Labute approximate surface area is 124 Å². The van der Waals surface area contributed by atoms with Crippen molar-refractivity contribution in [2.75, 3.05) is 11.9 Å². The van der Waals surface area contributed by atoms with Gasteiger partial charge in [0.1, 0.15) is 5.82 Å². The summed E-state index contributed by atoms with van der Waals surface area (Å²) in [5.74, 6) is -0.237. The van der Waals surface area contributed by atoms with Crippen LogP contribution < -0.4 is 5.32 Å². The van der Waals surface area contributed by atoms with Gasteiger partial charge in [0.25, 0.3) is 0 Å². The molecule has 1 aromatic carbocycles. The summed E-state index contributed by atoms with van der Waals surface area (Å²) in [7, 11) is 0. The fraction of sp³-hybridized carbons (Fsp3) is 0.625. The smallest absolute Gasteiger partial charge is 0.146 e. The minimum absolute atomic E-state index is 0.0310. The van der Waals surface area contributed by atoms with Gasteiger partial charge in [0.2, 0.25) is 0 Å². The van der Waals surface area contributed by atoms with Crippen LogP contribution in [0.3, 0.4) is 0 Å². The lowest BCUT2D eigenvalue weighted by molar-refractivity contribution is -0.103. The summed E-state index contributed by atoms with van der Waals surface area (Å²) in [4.78, 5) is 0. The van der Waals surface area contributed by atoms with E-state index in [0.29, 0.717) is 10.7 Å². The second-order valence-corrected chi connectivity index (χ2v) is 6.49. The van der Waals surface area contributed by atoms with Gasteiger partial charge in [-0.25, -0.2) is 4.39 Å². The number of benzene rings is 1. The molecule has 20 heavy (non-hydrogen) atoms. The van der Waals surface area contributed by atoms with Gasteiger partial charge in [0.05, 0.1) is 11.3 Å². The molecule has 1 N–H and O–H groups in total. The van der Waals surface area contributed by atoms with Gasteiger partial charge in [0.15, 0.2) is 0 Å². The molecule has 0 amide bonds. The van der Waals surface area contributed by atoms with E-state index in [0.717, 1.165) is 32.3 Å². The quantitative estimate of drug-likeness (QED) is 0.849. The molecule has 2 fully saturated rings. The molecular weight excluding hydrogens is 277 g/mol. The maximum atomic E-state index is 13.8. The van der Waals surface area contributed by atoms with Crippen LogP contribution in [-0.2, 0) is 4.74 Å². The van der Waals surface area contributed by atoms with E-state index in [2.05, 4.69) is 5.32 Å². The average Bonchev–Trinajstić information content (AvgIpc) is 2.44. The molecule has 1 atom stereocenters. The van der Waals surface area contributed by atoms with Gasteiger partial charge in [-0.15, -0.1) is 0 Å². The van der Waals surface area contributed by atoms with Crippen LogP contribution in [0.1, 0.15) is 44.9 Å². The standard InChI is InChI=1S/C16H21ClFNO/c17-12-4-5-14(18)15(10-12)19-13-6-9-20-16(11-13)7-2-1-3-8-16/h4-5,10,13,19H,1-3,6-9,11H2. The number of anilines is 1. The zero-order valence-corrected chi connectivity index (χ0v) is 12.4. The Morgan fingerprint density at radius 2 is 2.05 bits per heavy atom. The largest absolute Gasteiger partial charge is 0.380 e. The molecule has 1 spiro atoms. The Kier molecular flexibility index (Phi) is 4.18. The van der Waals surface area contributed by atoms with Crippen molar-refractivity contribution in [3.8, 4) is 0 Å². The van der Waals surface area contributed by atoms with Crippen LogP contribution in [0.5, 0.6) is 0 Å². The summed E-state index contributed by atoms with van der Waals surface area (Å²) in [6.45, 7) is 0.764. The highest BCUT2D eigenvalue weighted by Gasteiger charge is 2.38. The number of hydrogen-bond donors (Lipinski definition) is 1. The third kappa shape index (κ3) is 3.09. The summed E-state index contributed by atoms with van der Waals surface area (Å²) < 4.78 is 19.9. The summed E-state index contributed by atoms with van der Waals surface area (Å²) in [5, 5.41) is 3.89. The Morgan fingerprint density at radius 1 is 1.25 bits per heavy atom. The van der Waals surface area contributed by atoms with Crippen molar-refractivity contribution in [3.63, 3.8) is 0 Å². The predicted molar refractivity (Wildman–Crippen MR) is 79.8 cm³/mol. The van der Waals surface area contributed by atoms with Crippen molar-refractivity contribution in [1.82, 2.24) is 0 Å². The third-order valence-corrected chi connectivity index (χ3v) is 4.78. The Bertz CT molecular complexity index is 468. The van der Waals surface area contributed by atoms with Crippen LogP contribution in [0, 0.1) is 5.82 Å². The maximum absolute atomic E-state index is 13.8. The molecule has 2 aliphatic rings. The van der Waals surface area contributed by atoms with Crippen molar-refractivity contribution in [2.45, 2.75) is 56.6 Å². The van der Waals surface area contributed by atoms with E-state index < -0.39 is 0 Å². The van der Waals surface area contributed by atoms with E-state index in [1.54, 1.807) is 12.1 Å². The van der Waals surface area contributed by atoms with Gasteiger partial charge in [-0.3, -0.25) is 0 Å². The highest BCUT2D eigenvalue weighted by Crippen LogP contribution is 2.39. The van der Waals surface area contributed by atoms with Gasteiger partial charge in [-0.1, -0.05) is 30.9 Å². The third-order valence-electron chi connectivity index (χ3n) is 4.55. The summed E-state index contributed by atoms with van der Waals surface area (Å²) in [6.07, 6.45) is 7.99. The van der Waals surface area contributed by atoms with Gasteiger partial charge in [0, 0.05) is 17.7 Å². The van der Waals surface area contributed by atoms with Crippen LogP contribution in [0.2, 0.25) is 5.02 Å². The molecule has 110 valence electrons.